The van der Waals surface area contributed by atoms with Gasteiger partial charge in [-0.1, -0.05) is 41.6 Å². The van der Waals surface area contributed by atoms with Gasteiger partial charge in [-0.2, -0.15) is 0 Å². The van der Waals surface area contributed by atoms with Crippen molar-refractivity contribution in [1.29, 1.82) is 0 Å². The van der Waals surface area contributed by atoms with Crippen LogP contribution in [0, 0.1) is 6.92 Å². The lowest BCUT2D eigenvalue weighted by molar-refractivity contribution is 0.599. The van der Waals surface area contributed by atoms with Gasteiger partial charge in [-0.25, -0.2) is 8.42 Å². The minimum atomic E-state index is -2.95. The van der Waals surface area contributed by atoms with E-state index in [0.717, 1.165) is 33.1 Å². The zero-order valence-corrected chi connectivity index (χ0v) is 17.4. The Morgan fingerprint density at radius 1 is 1.30 bits per heavy atom. The maximum Gasteiger partial charge on any atom is 0.191 e. The van der Waals surface area contributed by atoms with Crippen LogP contribution in [0.15, 0.2) is 29.4 Å². The smallest absolute Gasteiger partial charge is 0.191 e. The Morgan fingerprint density at radius 3 is 2.81 bits per heavy atom. The molecular weight excluding hydrogens is 404 g/mol. The fourth-order valence-corrected chi connectivity index (χ4v) is 6.34. The molecule has 0 bridgehead atoms. The number of aryl methyl sites for hydroxylation is 1. The Morgan fingerprint density at radius 2 is 2.07 bits per heavy atom. The molecule has 2 aromatic heterocycles. The fourth-order valence-electron chi connectivity index (χ4n) is 3.45. The van der Waals surface area contributed by atoms with Gasteiger partial charge in [0.1, 0.15) is 5.82 Å². The summed E-state index contributed by atoms with van der Waals surface area (Å²) in [6, 6.07) is 7.94. The topological polar surface area (TPSA) is 77.7 Å². The van der Waals surface area contributed by atoms with Crippen LogP contribution in [0.4, 0.5) is 0 Å². The van der Waals surface area contributed by atoms with Gasteiger partial charge in [0.05, 0.1) is 27.7 Å². The molecule has 1 fully saturated rings. The normalized spacial score (nSPS) is 19.0. The molecule has 1 aliphatic rings. The number of thioether (sulfide) groups is 1. The van der Waals surface area contributed by atoms with Crippen LogP contribution in [0.1, 0.15) is 29.4 Å². The molecule has 9 heteroatoms. The average Bonchev–Trinajstić information content (AvgIpc) is 3.18. The highest BCUT2D eigenvalue weighted by Gasteiger charge is 2.32. The van der Waals surface area contributed by atoms with Crippen molar-refractivity contribution < 1.29 is 8.42 Å². The third-order valence-corrected chi connectivity index (χ3v) is 8.25. The third-order valence-electron chi connectivity index (χ3n) is 4.95. The van der Waals surface area contributed by atoms with Gasteiger partial charge >= 0.3 is 0 Å². The minimum Gasteiger partial charge on any atom is -0.309 e. The largest absolute Gasteiger partial charge is 0.309 e. The maximum atomic E-state index is 11.7. The number of nitrogens with zero attached hydrogens (tertiary/aromatic N) is 4. The highest BCUT2D eigenvalue weighted by atomic mass is 35.5. The molecule has 0 aliphatic carbocycles. The van der Waals surface area contributed by atoms with E-state index in [2.05, 4.69) is 10.2 Å². The highest BCUT2D eigenvalue weighted by Crippen LogP contribution is 2.33. The molecule has 3 aromatic rings. The summed E-state index contributed by atoms with van der Waals surface area (Å²) in [6.45, 7) is 2.00. The van der Waals surface area contributed by atoms with Crippen molar-refractivity contribution in [1.82, 2.24) is 19.7 Å². The average molecular weight is 423 g/mol. The molecule has 1 aliphatic heterocycles. The number of hydrogen-bond acceptors (Lipinski definition) is 6. The summed E-state index contributed by atoms with van der Waals surface area (Å²) in [5.74, 6) is 1.60. The van der Waals surface area contributed by atoms with Crippen LogP contribution >= 0.6 is 23.4 Å². The Kier molecular flexibility index (Phi) is 4.90. The van der Waals surface area contributed by atoms with E-state index in [4.69, 9.17) is 16.6 Å². The lowest BCUT2D eigenvalue weighted by Crippen LogP contribution is -2.09. The lowest BCUT2D eigenvalue weighted by Gasteiger charge is -2.10. The van der Waals surface area contributed by atoms with Gasteiger partial charge in [0.25, 0.3) is 0 Å². The summed E-state index contributed by atoms with van der Waals surface area (Å²) in [6.07, 6.45) is 0.607. The lowest BCUT2D eigenvalue weighted by atomic mass is 10.1. The first kappa shape index (κ1) is 18.7. The van der Waals surface area contributed by atoms with E-state index in [-0.39, 0.29) is 17.4 Å². The van der Waals surface area contributed by atoms with Crippen LogP contribution in [0.5, 0.6) is 0 Å². The molecule has 4 rings (SSSR count). The number of para-hydroxylation sites is 1. The van der Waals surface area contributed by atoms with E-state index in [9.17, 15) is 8.42 Å². The zero-order chi connectivity index (χ0) is 19.2. The Labute approximate surface area is 167 Å². The van der Waals surface area contributed by atoms with E-state index in [0.29, 0.717) is 17.2 Å². The summed E-state index contributed by atoms with van der Waals surface area (Å²) in [7, 11) is -1.07. The summed E-state index contributed by atoms with van der Waals surface area (Å²) in [5, 5.41) is 10.9. The van der Waals surface area contributed by atoms with Gasteiger partial charge in [0, 0.05) is 24.1 Å². The van der Waals surface area contributed by atoms with Crippen molar-refractivity contribution in [2.24, 2.45) is 7.05 Å². The van der Waals surface area contributed by atoms with Gasteiger partial charge in [-0.05, 0) is 25.0 Å². The second-order valence-electron chi connectivity index (χ2n) is 6.80. The first-order chi connectivity index (χ1) is 12.9. The van der Waals surface area contributed by atoms with E-state index in [1.165, 1.54) is 11.8 Å². The quantitative estimate of drug-likeness (QED) is 0.598. The van der Waals surface area contributed by atoms with Crippen molar-refractivity contribution in [3.8, 4) is 0 Å². The van der Waals surface area contributed by atoms with E-state index < -0.39 is 9.84 Å². The van der Waals surface area contributed by atoms with Gasteiger partial charge in [0.2, 0.25) is 0 Å². The monoisotopic (exact) mass is 422 g/mol. The van der Waals surface area contributed by atoms with Crippen molar-refractivity contribution in [2.45, 2.75) is 30.2 Å². The Hall–Kier alpha value is -1.64. The van der Waals surface area contributed by atoms with Gasteiger partial charge in [0.15, 0.2) is 15.0 Å². The van der Waals surface area contributed by atoms with Crippen molar-refractivity contribution in [3.63, 3.8) is 0 Å². The molecule has 0 spiro atoms. The number of rotatable bonds is 4. The summed E-state index contributed by atoms with van der Waals surface area (Å²) < 4.78 is 25.4. The molecule has 142 valence electrons. The first-order valence-corrected chi connectivity index (χ1v) is 11.8. The zero-order valence-electron chi connectivity index (χ0n) is 15.0. The van der Waals surface area contributed by atoms with E-state index in [1.54, 1.807) is 0 Å². The van der Waals surface area contributed by atoms with Gasteiger partial charge in [-0.15, -0.1) is 10.2 Å². The molecule has 1 aromatic carbocycles. The van der Waals surface area contributed by atoms with Crippen LogP contribution in [0.25, 0.3) is 10.9 Å². The second kappa shape index (κ2) is 7.07. The third kappa shape index (κ3) is 3.58. The minimum absolute atomic E-state index is 0.0773. The van der Waals surface area contributed by atoms with Crippen LogP contribution < -0.4 is 0 Å². The first-order valence-electron chi connectivity index (χ1n) is 8.62. The number of pyridine rings is 1. The standard InChI is InChI=1S/C18H19ClN4O2S2/c1-11-13-5-3-4-6-14(13)20-15(16(11)19)9-26-18-22-21-17(23(18)2)12-7-8-27(24,25)10-12/h3-6,12H,7-10H2,1-2H3. The van der Waals surface area contributed by atoms with Crippen molar-refractivity contribution in [3.05, 3.63) is 46.4 Å². The molecule has 27 heavy (non-hydrogen) atoms. The number of fused-ring (bicyclic) bond motifs is 1. The summed E-state index contributed by atoms with van der Waals surface area (Å²) in [5.41, 5.74) is 2.75. The maximum absolute atomic E-state index is 11.7. The second-order valence-corrected chi connectivity index (χ2v) is 10.4. The van der Waals surface area contributed by atoms with Crippen LogP contribution in [-0.2, 0) is 22.6 Å². The molecule has 3 heterocycles. The van der Waals surface area contributed by atoms with Crippen LogP contribution in [-0.4, -0.2) is 39.7 Å². The van der Waals surface area contributed by atoms with E-state index in [1.807, 2.05) is 42.8 Å². The number of hydrogen-bond donors (Lipinski definition) is 0. The van der Waals surface area contributed by atoms with E-state index >= 15 is 0 Å². The molecule has 6 nitrogen and oxygen atoms in total. The van der Waals surface area contributed by atoms with Gasteiger partial charge < -0.3 is 4.57 Å². The summed E-state index contributed by atoms with van der Waals surface area (Å²) >= 11 is 8.04. The molecule has 0 amide bonds. The fraction of sp³-hybridized carbons (Fsp3) is 0.389. The molecule has 1 unspecified atom stereocenters. The van der Waals surface area contributed by atoms with Crippen LogP contribution in [0.3, 0.4) is 0 Å². The molecule has 0 radical (unpaired) electrons. The Balaban J connectivity index is 1.56. The molecule has 0 N–H and O–H groups in total. The Bertz CT molecular complexity index is 1130. The highest BCUT2D eigenvalue weighted by molar-refractivity contribution is 7.98. The molecular formula is C18H19ClN4O2S2. The number of halogens is 1. The van der Waals surface area contributed by atoms with Gasteiger partial charge in [-0.3, -0.25) is 4.98 Å². The predicted octanol–water partition coefficient (Wildman–Crippen LogP) is 3.52. The predicted molar refractivity (Wildman–Crippen MR) is 108 cm³/mol. The number of sulfone groups is 1. The molecule has 1 atom stereocenters. The van der Waals surface area contributed by atoms with Crippen molar-refractivity contribution in [2.75, 3.05) is 11.5 Å². The number of benzene rings is 1. The SMILES string of the molecule is Cc1c(Cl)c(CSc2nnc(C3CCS(=O)(=O)C3)n2C)nc2ccccc12. The van der Waals surface area contributed by atoms with Crippen LogP contribution in [0.2, 0.25) is 5.02 Å². The van der Waals surface area contributed by atoms with Crippen molar-refractivity contribution >= 4 is 44.1 Å². The summed E-state index contributed by atoms with van der Waals surface area (Å²) in [4.78, 5) is 4.69. The molecule has 1 saturated heterocycles. The molecule has 0 saturated carbocycles. The number of aromatic nitrogens is 4.